The fourth-order valence-electron chi connectivity index (χ4n) is 3.00. The Labute approximate surface area is 198 Å². The Morgan fingerprint density at radius 3 is 2.38 bits per heavy atom. The number of anilines is 1. The van der Waals surface area contributed by atoms with E-state index in [0.717, 1.165) is 16.9 Å². The first-order valence-corrected chi connectivity index (χ1v) is 11.0. The van der Waals surface area contributed by atoms with Gasteiger partial charge in [0.25, 0.3) is 11.6 Å². The average molecular weight is 484 g/mol. The molecule has 11 heteroatoms. The molecule has 0 spiro atoms. The minimum Gasteiger partial charge on any atom is -0.462 e. The molecule has 3 rings (SSSR count). The van der Waals surface area contributed by atoms with Crippen molar-refractivity contribution in [2.24, 2.45) is 0 Å². The van der Waals surface area contributed by atoms with Crippen molar-refractivity contribution in [3.8, 4) is 0 Å². The third-order valence-electron chi connectivity index (χ3n) is 4.61. The van der Waals surface area contributed by atoms with Gasteiger partial charge in [0.2, 0.25) is 0 Å². The third-order valence-corrected chi connectivity index (χ3v) is 5.77. The van der Waals surface area contributed by atoms with E-state index in [2.05, 4.69) is 4.98 Å². The van der Waals surface area contributed by atoms with Crippen molar-refractivity contribution in [2.45, 2.75) is 20.4 Å². The van der Waals surface area contributed by atoms with Crippen LogP contribution < -0.4 is 4.90 Å². The molecule has 0 saturated carbocycles. The first kappa shape index (κ1) is 24.5. The second-order valence-corrected chi connectivity index (χ2v) is 7.92. The summed E-state index contributed by atoms with van der Waals surface area (Å²) in [6.45, 7) is 2.95. The van der Waals surface area contributed by atoms with Crippen LogP contribution in [-0.4, -0.2) is 41.0 Å². The summed E-state index contributed by atoms with van der Waals surface area (Å²) in [7, 11) is 0. The quantitative estimate of drug-likeness (QED) is 0.254. The first-order valence-electron chi connectivity index (χ1n) is 10.2. The number of aromatic nitrogens is 1. The van der Waals surface area contributed by atoms with E-state index in [1.807, 2.05) is 30.3 Å². The molecule has 0 N–H and O–H groups in total. The number of aryl methyl sites for hydroxylation is 1. The highest BCUT2D eigenvalue weighted by Gasteiger charge is 2.26. The van der Waals surface area contributed by atoms with Gasteiger partial charge < -0.3 is 9.47 Å². The van der Waals surface area contributed by atoms with Crippen LogP contribution in [0.2, 0.25) is 0 Å². The largest absolute Gasteiger partial charge is 0.462 e. The minimum atomic E-state index is -0.997. The SMILES string of the molecule is CCOC(=O)c1sc(N(Cc2ccccc2)C(=O)COC(=O)c2ccccc2[N+](=O)[O-])nc1C. The number of thiazole rings is 1. The van der Waals surface area contributed by atoms with Crippen molar-refractivity contribution in [1.29, 1.82) is 0 Å². The summed E-state index contributed by atoms with van der Waals surface area (Å²) in [6, 6.07) is 14.4. The van der Waals surface area contributed by atoms with Crippen molar-refractivity contribution in [2.75, 3.05) is 18.1 Å². The Kier molecular flexibility index (Phi) is 8.04. The average Bonchev–Trinajstić information content (AvgIpc) is 3.22. The van der Waals surface area contributed by atoms with Gasteiger partial charge in [-0.25, -0.2) is 14.6 Å². The number of carbonyl (C=O) groups excluding carboxylic acids is 3. The van der Waals surface area contributed by atoms with Gasteiger partial charge in [-0.3, -0.25) is 19.8 Å². The van der Waals surface area contributed by atoms with Gasteiger partial charge in [-0.1, -0.05) is 53.8 Å². The van der Waals surface area contributed by atoms with Crippen LogP contribution >= 0.6 is 11.3 Å². The van der Waals surface area contributed by atoms with E-state index < -0.39 is 35.1 Å². The molecule has 3 aromatic rings. The predicted molar refractivity (Wildman–Crippen MR) is 124 cm³/mol. The van der Waals surface area contributed by atoms with Gasteiger partial charge in [0.05, 0.1) is 23.8 Å². The van der Waals surface area contributed by atoms with Gasteiger partial charge in [0.1, 0.15) is 10.4 Å². The zero-order valence-electron chi connectivity index (χ0n) is 18.4. The van der Waals surface area contributed by atoms with Gasteiger partial charge in [-0.15, -0.1) is 0 Å². The molecule has 0 aliphatic heterocycles. The highest BCUT2D eigenvalue weighted by atomic mass is 32.1. The molecule has 0 atom stereocenters. The lowest BCUT2D eigenvalue weighted by Gasteiger charge is -2.20. The smallest absolute Gasteiger partial charge is 0.350 e. The molecule has 0 aliphatic carbocycles. The van der Waals surface area contributed by atoms with E-state index in [1.54, 1.807) is 13.8 Å². The van der Waals surface area contributed by atoms with Gasteiger partial charge >= 0.3 is 11.9 Å². The normalized spacial score (nSPS) is 10.4. The van der Waals surface area contributed by atoms with Crippen LogP contribution in [0.1, 0.15) is 38.2 Å². The zero-order chi connectivity index (χ0) is 24.7. The lowest BCUT2D eigenvalue weighted by atomic mass is 10.2. The van der Waals surface area contributed by atoms with E-state index >= 15 is 0 Å². The molecule has 0 unspecified atom stereocenters. The van der Waals surface area contributed by atoms with Crippen LogP contribution in [0.15, 0.2) is 54.6 Å². The summed E-state index contributed by atoms with van der Waals surface area (Å²) in [5.74, 6) is -2.15. The lowest BCUT2D eigenvalue weighted by molar-refractivity contribution is -0.385. The number of ether oxygens (including phenoxy) is 2. The number of nitro benzene ring substituents is 1. The molecule has 1 heterocycles. The molecule has 0 bridgehead atoms. The number of carbonyl (C=O) groups is 3. The summed E-state index contributed by atoms with van der Waals surface area (Å²) >= 11 is 0.990. The summed E-state index contributed by atoms with van der Waals surface area (Å²) in [6.07, 6.45) is 0. The summed E-state index contributed by atoms with van der Waals surface area (Å²) in [5.41, 5.74) is 0.507. The Bertz CT molecular complexity index is 1210. The minimum absolute atomic E-state index is 0.109. The zero-order valence-corrected chi connectivity index (χ0v) is 19.2. The molecular weight excluding hydrogens is 462 g/mol. The topological polar surface area (TPSA) is 129 Å². The van der Waals surface area contributed by atoms with Crippen LogP contribution in [0.3, 0.4) is 0 Å². The third kappa shape index (κ3) is 5.81. The van der Waals surface area contributed by atoms with Gasteiger partial charge in [-0.2, -0.15) is 0 Å². The molecule has 34 heavy (non-hydrogen) atoms. The Hall–Kier alpha value is -4.12. The Morgan fingerprint density at radius 2 is 1.71 bits per heavy atom. The van der Waals surface area contributed by atoms with E-state index in [0.29, 0.717) is 5.69 Å². The van der Waals surface area contributed by atoms with E-state index in [1.165, 1.54) is 29.2 Å². The van der Waals surface area contributed by atoms with Crippen LogP contribution in [0, 0.1) is 17.0 Å². The highest BCUT2D eigenvalue weighted by Crippen LogP contribution is 2.28. The maximum Gasteiger partial charge on any atom is 0.350 e. The number of hydrogen-bond acceptors (Lipinski definition) is 9. The highest BCUT2D eigenvalue weighted by molar-refractivity contribution is 7.17. The van der Waals surface area contributed by atoms with Crippen molar-refractivity contribution in [3.05, 3.63) is 86.4 Å². The molecule has 10 nitrogen and oxygen atoms in total. The number of nitro groups is 1. The summed E-state index contributed by atoms with van der Waals surface area (Å²) < 4.78 is 10.1. The van der Waals surface area contributed by atoms with Crippen molar-refractivity contribution in [1.82, 2.24) is 4.98 Å². The second-order valence-electron chi connectivity index (χ2n) is 6.95. The lowest BCUT2D eigenvalue weighted by Crippen LogP contribution is -2.34. The van der Waals surface area contributed by atoms with Gasteiger partial charge in [0.15, 0.2) is 11.7 Å². The second kappa shape index (κ2) is 11.1. The standard InChI is InChI=1S/C23H21N3O7S/c1-3-32-22(29)20-15(2)24-23(34-20)25(13-16-9-5-4-6-10-16)19(27)14-33-21(28)17-11-7-8-12-18(17)26(30)31/h4-12H,3,13-14H2,1-2H3. The van der Waals surface area contributed by atoms with Crippen LogP contribution in [-0.2, 0) is 20.8 Å². The molecule has 1 aromatic heterocycles. The number of hydrogen-bond donors (Lipinski definition) is 0. The molecule has 0 radical (unpaired) electrons. The van der Waals surface area contributed by atoms with Crippen LogP contribution in [0.5, 0.6) is 0 Å². The Morgan fingerprint density at radius 1 is 1.03 bits per heavy atom. The van der Waals surface area contributed by atoms with E-state index in [4.69, 9.17) is 9.47 Å². The molecule has 1 amide bonds. The molecule has 176 valence electrons. The molecule has 0 aliphatic rings. The number of esters is 2. The monoisotopic (exact) mass is 483 g/mol. The van der Waals surface area contributed by atoms with Crippen molar-refractivity contribution < 1.29 is 28.8 Å². The van der Waals surface area contributed by atoms with E-state index in [-0.39, 0.29) is 28.7 Å². The van der Waals surface area contributed by atoms with Gasteiger partial charge in [-0.05, 0) is 25.5 Å². The van der Waals surface area contributed by atoms with Crippen LogP contribution in [0.25, 0.3) is 0 Å². The van der Waals surface area contributed by atoms with E-state index in [9.17, 15) is 24.5 Å². The molecule has 0 fully saturated rings. The summed E-state index contributed by atoms with van der Waals surface area (Å²) in [4.78, 5) is 54.1. The number of para-hydroxylation sites is 1. The Balaban J connectivity index is 1.83. The molecule has 0 saturated heterocycles. The van der Waals surface area contributed by atoms with Crippen molar-refractivity contribution >= 4 is 40.0 Å². The number of benzene rings is 2. The predicted octanol–water partition coefficient (Wildman–Crippen LogP) is 3.93. The maximum absolute atomic E-state index is 13.1. The first-order chi connectivity index (χ1) is 16.3. The summed E-state index contributed by atoms with van der Waals surface area (Å²) in [5, 5.41) is 11.4. The number of nitrogens with zero attached hydrogens (tertiary/aromatic N) is 3. The number of rotatable bonds is 9. The van der Waals surface area contributed by atoms with Crippen molar-refractivity contribution in [3.63, 3.8) is 0 Å². The molecule has 2 aromatic carbocycles. The number of amides is 1. The fourth-order valence-corrected chi connectivity index (χ4v) is 3.98. The molecular formula is C23H21N3O7S. The maximum atomic E-state index is 13.1. The van der Waals surface area contributed by atoms with Crippen LogP contribution in [0.4, 0.5) is 10.8 Å². The fraction of sp³-hybridized carbons (Fsp3) is 0.217. The van der Waals surface area contributed by atoms with Gasteiger partial charge in [0, 0.05) is 6.07 Å².